The minimum Gasteiger partial charge on any atom is -0.493 e. The van der Waals surface area contributed by atoms with Crippen LogP contribution in [-0.4, -0.2) is 46.2 Å². The molecular weight excluding hydrogens is 428 g/mol. The summed E-state index contributed by atoms with van der Waals surface area (Å²) in [5, 5.41) is 8.79. The molecule has 3 N–H and O–H groups in total. The fraction of sp³-hybridized carbons (Fsp3) is 0.200. The zero-order valence-electron chi connectivity index (χ0n) is 17.0. The Bertz CT molecular complexity index is 1100. The van der Waals surface area contributed by atoms with Crippen LogP contribution in [-0.2, 0) is 19.6 Å². The molecule has 0 radical (unpaired) electrons. The number of aliphatic carboxylic acids is 1. The highest BCUT2D eigenvalue weighted by Gasteiger charge is 2.24. The highest BCUT2D eigenvalue weighted by atomic mass is 32.2. The second-order valence-electron chi connectivity index (χ2n) is 6.13. The minimum absolute atomic E-state index is 0.0598. The summed E-state index contributed by atoms with van der Waals surface area (Å²) in [4.78, 5) is 24.4. The molecule has 0 heterocycles. The molecule has 10 nitrogen and oxygen atoms in total. The number of aryl methyl sites for hydroxylation is 1. The van der Waals surface area contributed by atoms with Gasteiger partial charge < -0.3 is 19.3 Å². The Hall–Kier alpha value is -3.57. The molecule has 0 spiro atoms. The van der Waals surface area contributed by atoms with Gasteiger partial charge in [0.2, 0.25) is 0 Å². The van der Waals surface area contributed by atoms with Gasteiger partial charge in [-0.1, -0.05) is 18.2 Å². The lowest BCUT2D eigenvalue weighted by Crippen LogP contribution is -2.43. The Balaban J connectivity index is 2.19. The van der Waals surface area contributed by atoms with Crippen molar-refractivity contribution in [1.82, 2.24) is 10.3 Å². The van der Waals surface area contributed by atoms with Gasteiger partial charge in [0.25, 0.3) is 15.9 Å². The van der Waals surface area contributed by atoms with Crippen LogP contribution in [0.2, 0.25) is 0 Å². The summed E-state index contributed by atoms with van der Waals surface area (Å²) in [6.07, 6.45) is 2.04. The Morgan fingerprint density at radius 3 is 2.42 bits per heavy atom. The molecule has 0 unspecified atom stereocenters. The van der Waals surface area contributed by atoms with Crippen LogP contribution < -0.4 is 24.5 Å². The summed E-state index contributed by atoms with van der Waals surface area (Å²) < 4.78 is 41.2. The van der Waals surface area contributed by atoms with E-state index in [9.17, 15) is 18.0 Å². The zero-order valence-corrected chi connectivity index (χ0v) is 17.9. The molecule has 2 aromatic carbocycles. The van der Waals surface area contributed by atoms with E-state index in [2.05, 4.69) is 5.43 Å². The predicted molar refractivity (Wildman–Crippen MR) is 111 cm³/mol. The van der Waals surface area contributed by atoms with Crippen molar-refractivity contribution in [3.63, 3.8) is 0 Å². The maximum Gasteiger partial charge on any atom is 0.328 e. The van der Waals surface area contributed by atoms with Gasteiger partial charge in [-0.25, -0.2) is 13.2 Å². The maximum absolute atomic E-state index is 12.8. The molecule has 0 atom stereocenters. The molecule has 2 rings (SSSR count). The number of benzene rings is 2. The van der Waals surface area contributed by atoms with Gasteiger partial charge >= 0.3 is 5.97 Å². The van der Waals surface area contributed by atoms with E-state index < -0.39 is 28.5 Å². The van der Waals surface area contributed by atoms with Crippen LogP contribution in [0.4, 0.5) is 0 Å². The third-order valence-electron chi connectivity index (χ3n) is 3.95. The van der Waals surface area contributed by atoms with Gasteiger partial charge in [-0.15, -0.1) is 4.83 Å². The average Bonchev–Trinajstić information content (AvgIpc) is 2.74. The SMILES string of the molecule is COc1cc(C=CC(=O)O)cc(S(=O)(=O)NNC(=O)COc2ccccc2C)c1OC. The molecule has 0 aliphatic carbocycles. The van der Waals surface area contributed by atoms with Gasteiger partial charge in [-0.05, 0) is 42.3 Å². The van der Waals surface area contributed by atoms with E-state index >= 15 is 0 Å². The van der Waals surface area contributed by atoms with Crippen molar-refractivity contribution in [1.29, 1.82) is 0 Å². The van der Waals surface area contributed by atoms with Gasteiger partial charge in [-0.2, -0.15) is 0 Å². The summed E-state index contributed by atoms with van der Waals surface area (Å²) >= 11 is 0. The molecule has 0 aliphatic rings. The van der Waals surface area contributed by atoms with Crippen LogP contribution in [0.25, 0.3) is 6.08 Å². The smallest absolute Gasteiger partial charge is 0.328 e. The van der Waals surface area contributed by atoms with E-state index in [1.54, 1.807) is 25.1 Å². The molecule has 0 fully saturated rings. The van der Waals surface area contributed by atoms with Crippen molar-refractivity contribution in [2.75, 3.05) is 20.8 Å². The van der Waals surface area contributed by atoms with Gasteiger partial charge in [0, 0.05) is 6.08 Å². The standard InChI is InChI=1S/C20H22N2O8S/c1-13-6-4-5-7-15(13)30-12-18(23)21-22-31(26,27)17-11-14(8-9-19(24)25)10-16(28-2)20(17)29-3/h4-11,22H,12H2,1-3H3,(H,21,23)(H,24,25). The van der Waals surface area contributed by atoms with E-state index in [1.807, 2.05) is 10.9 Å². The van der Waals surface area contributed by atoms with Crippen molar-refractivity contribution < 1.29 is 37.3 Å². The zero-order chi connectivity index (χ0) is 23.0. The predicted octanol–water partition coefficient (Wildman–Crippen LogP) is 1.50. The number of hydrogen-bond acceptors (Lipinski definition) is 7. The first-order valence-corrected chi connectivity index (χ1v) is 10.3. The minimum atomic E-state index is -4.31. The van der Waals surface area contributed by atoms with Crippen molar-refractivity contribution in [3.8, 4) is 17.2 Å². The molecular formula is C20H22N2O8S. The molecule has 0 aromatic heterocycles. The lowest BCUT2D eigenvalue weighted by molar-refractivity contribution is -0.131. The largest absolute Gasteiger partial charge is 0.493 e. The van der Waals surface area contributed by atoms with Crippen molar-refractivity contribution in [2.24, 2.45) is 0 Å². The number of hydrazine groups is 1. The van der Waals surface area contributed by atoms with E-state index in [0.29, 0.717) is 5.75 Å². The first-order valence-electron chi connectivity index (χ1n) is 8.84. The highest BCUT2D eigenvalue weighted by Crippen LogP contribution is 2.35. The van der Waals surface area contributed by atoms with Crippen LogP contribution in [0.15, 0.2) is 47.4 Å². The van der Waals surface area contributed by atoms with E-state index in [-0.39, 0.29) is 22.0 Å². The molecule has 1 amide bonds. The number of carbonyl (C=O) groups is 2. The number of hydrogen-bond donors (Lipinski definition) is 3. The number of nitrogens with one attached hydrogen (secondary N) is 2. The molecule has 0 saturated carbocycles. The van der Waals surface area contributed by atoms with Crippen LogP contribution in [0, 0.1) is 6.92 Å². The Morgan fingerprint density at radius 2 is 1.81 bits per heavy atom. The van der Waals surface area contributed by atoms with Gasteiger partial charge in [-0.3, -0.25) is 10.2 Å². The van der Waals surface area contributed by atoms with Crippen LogP contribution in [0.1, 0.15) is 11.1 Å². The fourth-order valence-corrected chi connectivity index (χ4v) is 3.57. The Kier molecular flexibility index (Phi) is 8.00. The number of ether oxygens (including phenoxy) is 3. The maximum atomic E-state index is 12.8. The molecule has 0 bridgehead atoms. The average molecular weight is 450 g/mol. The molecule has 0 saturated heterocycles. The number of carbonyl (C=O) groups excluding carboxylic acids is 1. The Labute approximate surface area is 179 Å². The van der Waals surface area contributed by atoms with E-state index in [0.717, 1.165) is 11.6 Å². The Morgan fingerprint density at radius 1 is 1.10 bits per heavy atom. The molecule has 166 valence electrons. The number of amides is 1. The lowest BCUT2D eigenvalue weighted by atomic mass is 10.2. The van der Waals surface area contributed by atoms with Gasteiger partial charge in [0.15, 0.2) is 18.1 Å². The molecule has 31 heavy (non-hydrogen) atoms. The summed E-state index contributed by atoms with van der Waals surface area (Å²) in [7, 11) is -1.76. The monoisotopic (exact) mass is 450 g/mol. The number of carboxylic acid groups (broad SMARTS) is 1. The van der Waals surface area contributed by atoms with Crippen molar-refractivity contribution >= 4 is 28.0 Å². The quantitative estimate of drug-likeness (QED) is 0.365. The summed E-state index contributed by atoms with van der Waals surface area (Å²) in [6.45, 7) is 1.39. The number of sulfonamides is 1. The number of carboxylic acids is 1. The second kappa shape index (κ2) is 10.5. The third-order valence-corrected chi connectivity index (χ3v) is 5.21. The topological polar surface area (TPSA) is 140 Å². The van der Waals surface area contributed by atoms with Gasteiger partial charge in [0.1, 0.15) is 10.6 Å². The second-order valence-corrected chi connectivity index (χ2v) is 7.78. The van der Waals surface area contributed by atoms with Crippen LogP contribution in [0.5, 0.6) is 17.2 Å². The van der Waals surface area contributed by atoms with Crippen molar-refractivity contribution in [3.05, 3.63) is 53.6 Å². The molecule has 2 aromatic rings. The van der Waals surface area contributed by atoms with Crippen molar-refractivity contribution in [2.45, 2.75) is 11.8 Å². The molecule has 11 heteroatoms. The highest BCUT2D eigenvalue weighted by molar-refractivity contribution is 7.89. The fourth-order valence-electron chi connectivity index (χ4n) is 2.49. The number of para-hydroxylation sites is 1. The van der Waals surface area contributed by atoms with Gasteiger partial charge in [0.05, 0.1) is 14.2 Å². The summed E-state index contributed by atoms with van der Waals surface area (Å²) in [5.74, 6) is -1.51. The third kappa shape index (κ3) is 6.46. The molecule has 0 aliphatic heterocycles. The van der Waals surface area contributed by atoms with E-state index in [1.165, 1.54) is 32.4 Å². The normalized spacial score (nSPS) is 11.2. The number of rotatable bonds is 10. The van der Waals surface area contributed by atoms with Crippen LogP contribution in [0.3, 0.4) is 0 Å². The first kappa shape index (κ1) is 23.7. The summed E-state index contributed by atoms with van der Waals surface area (Å²) in [6, 6.07) is 9.64. The van der Waals surface area contributed by atoms with Crippen LogP contribution >= 0.6 is 0 Å². The first-order chi connectivity index (χ1) is 14.7. The van der Waals surface area contributed by atoms with E-state index in [4.69, 9.17) is 19.3 Å². The number of methoxy groups -OCH3 is 2. The lowest BCUT2D eigenvalue weighted by Gasteiger charge is -2.15. The summed E-state index contributed by atoms with van der Waals surface area (Å²) in [5.41, 5.74) is 3.11.